The van der Waals surface area contributed by atoms with Crippen molar-refractivity contribution < 1.29 is 0 Å². The summed E-state index contributed by atoms with van der Waals surface area (Å²) in [4.78, 5) is 5.13. The molecule has 0 bridgehead atoms. The number of rotatable bonds is 6. The maximum absolute atomic E-state index is 5.13. The number of hydrogen-bond acceptors (Lipinski definition) is 2. The summed E-state index contributed by atoms with van der Waals surface area (Å²) in [7, 11) is 0. The van der Waals surface area contributed by atoms with Crippen LogP contribution in [-0.2, 0) is 13.0 Å². The van der Waals surface area contributed by atoms with Gasteiger partial charge >= 0.3 is 0 Å². The van der Waals surface area contributed by atoms with E-state index in [1.165, 1.54) is 44.5 Å². The highest BCUT2D eigenvalue weighted by atomic mass is 15.3. The highest BCUT2D eigenvalue weighted by Gasteiger charge is 2.22. The predicted molar refractivity (Wildman–Crippen MR) is 142 cm³/mol. The molecule has 2 aromatic carbocycles. The molecule has 0 atom stereocenters. The van der Waals surface area contributed by atoms with Gasteiger partial charge in [-0.05, 0) is 69.4 Å². The van der Waals surface area contributed by atoms with Crippen LogP contribution < -0.4 is 0 Å². The first-order chi connectivity index (χ1) is 16.4. The summed E-state index contributed by atoms with van der Waals surface area (Å²) < 4.78 is 4.59. The van der Waals surface area contributed by atoms with Crippen molar-refractivity contribution in [3.8, 4) is 11.1 Å². The fourth-order valence-corrected chi connectivity index (χ4v) is 5.45. The van der Waals surface area contributed by atoms with Crippen LogP contribution in [0.2, 0.25) is 0 Å². The van der Waals surface area contributed by atoms with Crippen LogP contribution in [0, 0.1) is 34.6 Å². The third-order valence-corrected chi connectivity index (χ3v) is 6.94. The van der Waals surface area contributed by atoms with E-state index >= 15 is 0 Å². The quantitative estimate of drug-likeness (QED) is 0.272. The minimum atomic E-state index is 0.906. The zero-order valence-corrected chi connectivity index (χ0v) is 21.2. The van der Waals surface area contributed by atoms with Gasteiger partial charge in [0.05, 0.1) is 17.0 Å². The van der Waals surface area contributed by atoms with E-state index in [1.54, 1.807) is 0 Å². The standard InChI is InChI=1S/C30H34N4/c1-7-8-14-33-25(17-24-12-10-9-11-13-24)18-26-22(5)31-29-28(23(6)32-34(29)30(26)33)27-20(3)15-19(2)16-21(27)4/h9-13,15-16,18H,7-8,14,17H2,1-6H3. The van der Waals surface area contributed by atoms with Gasteiger partial charge in [-0.2, -0.15) is 9.61 Å². The van der Waals surface area contributed by atoms with E-state index in [-0.39, 0.29) is 0 Å². The summed E-state index contributed by atoms with van der Waals surface area (Å²) in [6, 6.07) is 17.6. The Morgan fingerprint density at radius 3 is 2.21 bits per heavy atom. The molecule has 4 nitrogen and oxygen atoms in total. The topological polar surface area (TPSA) is 35.1 Å². The molecule has 0 spiro atoms. The zero-order valence-electron chi connectivity index (χ0n) is 21.2. The average Bonchev–Trinajstić information content (AvgIpc) is 3.30. The minimum absolute atomic E-state index is 0.906. The van der Waals surface area contributed by atoms with Crippen molar-refractivity contribution in [3.63, 3.8) is 0 Å². The maximum Gasteiger partial charge on any atom is 0.165 e. The Morgan fingerprint density at radius 1 is 0.824 bits per heavy atom. The second-order valence-electron chi connectivity index (χ2n) is 9.71. The largest absolute Gasteiger partial charge is 0.329 e. The van der Waals surface area contributed by atoms with Gasteiger partial charge in [-0.3, -0.25) is 0 Å². The van der Waals surface area contributed by atoms with Gasteiger partial charge in [0.2, 0.25) is 0 Å². The van der Waals surface area contributed by atoms with Gasteiger partial charge in [0, 0.05) is 24.0 Å². The van der Waals surface area contributed by atoms with Crippen molar-refractivity contribution in [3.05, 3.63) is 87.9 Å². The summed E-state index contributed by atoms with van der Waals surface area (Å²) in [6.45, 7) is 14.1. The van der Waals surface area contributed by atoms with E-state index in [1.807, 2.05) is 0 Å². The van der Waals surface area contributed by atoms with E-state index in [2.05, 4.69) is 99.2 Å². The summed E-state index contributed by atoms with van der Waals surface area (Å²) in [5.41, 5.74) is 13.1. The molecule has 0 N–H and O–H groups in total. The van der Waals surface area contributed by atoms with Gasteiger partial charge in [0.1, 0.15) is 5.65 Å². The van der Waals surface area contributed by atoms with Crippen molar-refractivity contribution in [1.82, 2.24) is 19.2 Å². The molecule has 0 radical (unpaired) electrons. The molecule has 3 heterocycles. The molecule has 0 amide bonds. The molecule has 4 heteroatoms. The Bertz CT molecular complexity index is 1480. The highest BCUT2D eigenvalue weighted by Crippen LogP contribution is 2.36. The Hall–Kier alpha value is -3.40. The van der Waals surface area contributed by atoms with Crippen LogP contribution in [0.1, 0.15) is 59.1 Å². The number of aromatic nitrogens is 4. The van der Waals surface area contributed by atoms with Crippen LogP contribution in [0.3, 0.4) is 0 Å². The molecule has 34 heavy (non-hydrogen) atoms. The number of benzene rings is 2. The molecule has 0 aliphatic rings. The van der Waals surface area contributed by atoms with Gasteiger partial charge in [-0.25, -0.2) is 4.98 Å². The molecule has 3 aromatic heterocycles. The Morgan fingerprint density at radius 2 is 1.53 bits per heavy atom. The van der Waals surface area contributed by atoms with Crippen LogP contribution >= 0.6 is 0 Å². The number of fused-ring (bicyclic) bond motifs is 3. The van der Waals surface area contributed by atoms with Crippen molar-refractivity contribution in [2.24, 2.45) is 0 Å². The second kappa shape index (κ2) is 8.75. The first-order valence-corrected chi connectivity index (χ1v) is 12.4. The van der Waals surface area contributed by atoms with E-state index < -0.39 is 0 Å². The smallest absolute Gasteiger partial charge is 0.165 e. The number of nitrogens with zero attached hydrogens (tertiary/aromatic N) is 4. The monoisotopic (exact) mass is 450 g/mol. The van der Waals surface area contributed by atoms with Gasteiger partial charge in [0.25, 0.3) is 0 Å². The molecule has 0 saturated carbocycles. The van der Waals surface area contributed by atoms with E-state index in [9.17, 15) is 0 Å². The summed E-state index contributed by atoms with van der Waals surface area (Å²) in [5, 5.41) is 6.28. The lowest BCUT2D eigenvalue weighted by molar-refractivity contribution is 0.621. The van der Waals surface area contributed by atoms with E-state index in [0.29, 0.717) is 0 Å². The second-order valence-corrected chi connectivity index (χ2v) is 9.71. The maximum atomic E-state index is 5.13. The van der Waals surface area contributed by atoms with Crippen LogP contribution in [-0.4, -0.2) is 19.2 Å². The molecule has 0 saturated heterocycles. The van der Waals surface area contributed by atoms with E-state index in [4.69, 9.17) is 10.1 Å². The molecule has 5 aromatic rings. The molecule has 0 unspecified atom stereocenters. The molecule has 174 valence electrons. The predicted octanol–water partition coefficient (Wildman–Crippen LogP) is 7.28. The molecular formula is C30H34N4. The fraction of sp³-hybridized carbons (Fsp3) is 0.333. The molecule has 0 aliphatic carbocycles. The van der Waals surface area contributed by atoms with Gasteiger partial charge in [0.15, 0.2) is 5.65 Å². The molecule has 0 aliphatic heterocycles. The van der Waals surface area contributed by atoms with Gasteiger partial charge in [-0.15, -0.1) is 0 Å². The zero-order chi connectivity index (χ0) is 24.0. The van der Waals surface area contributed by atoms with Crippen LogP contribution in [0.4, 0.5) is 0 Å². The SMILES string of the molecule is CCCCn1c(Cc2ccccc2)cc2c(C)nc3c(-c4c(C)cc(C)cc4C)c(C)nn3c21. The fourth-order valence-electron chi connectivity index (χ4n) is 5.45. The number of hydrogen-bond donors (Lipinski definition) is 0. The van der Waals surface area contributed by atoms with Crippen LogP contribution in [0.15, 0.2) is 48.5 Å². The third-order valence-electron chi connectivity index (χ3n) is 6.94. The van der Waals surface area contributed by atoms with Crippen LogP contribution in [0.5, 0.6) is 0 Å². The van der Waals surface area contributed by atoms with Crippen molar-refractivity contribution in [1.29, 1.82) is 0 Å². The Labute approximate surface area is 202 Å². The lowest BCUT2D eigenvalue weighted by atomic mass is 9.94. The normalized spacial score (nSPS) is 11.7. The van der Waals surface area contributed by atoms with Gasteiger partial charge in [-0.1, -0.05) is 61.4 Å². The van der Waals surface area contributed by atoms with Crippen molar-refractivity contribution in [2.75, 3.05) is 0 Å². The minimum Gasteiger partial charge on any atom is -0.329 e. The highest BCUT2D eigenvalue weighted by molar-refractivity contribution is 5.90. The summed E-state index contributed by atoms with van der Waals surface area (Å²) in [5.74, 6) is 0. The Balaban J connectivity index is 1.80. The average molecular weight is 451 g/mol. The van der Waals surface area contributed by atoms with Crippen molar-refractivity contribution >= 4 is 16.7 Å². The summed E-state index contributed by atoms with van der Waals surface area (Å²) >= 11 is 0. The third kappa shape index (κ3) is 3.71. The number of unbranched alkanes of at least 4 members (excludes halogenated alkanes) is 1. The molecule has 0 fully saturated rings. The molecule has 5 rings (SSSR count). The van der Waals surface area contributed by atoms with Crippen molar-refractivity contribution in [2.45, 2.75) is 67.3 Å². The lowest BCUT2D eigenvalue weighted by Crippen LogP contribution is -2.08. The number of aryl methyl sites for hydroxylation is 6. The lowest BCUT2D eigenvalue weighted by Gasteiger charge is -2.13. The van der Waals surface area contributed by atoms with Crippen LogP contribution in [0.25, 0.3) is 27.8 Å². The Kier molecular flexibility index (Phi) is 5.76. The first-order valence-electron chi connectivity index (χ1n) is 12.4. The first kappa shape index (κ1) is 22.4. The van der Waals surface area contributed by atoms with E-state index in [0.717, 1.165) is 48.4 Å². The van der Waals surface area contributed by atoms with Gasteiger partial charge < -0.3 is 4.57 Å². The molecular weight excluding hydrogens is 416 g/mol. The summed E-state index contributed by atoms with van der Waals surface area (Å²) in [6.07, 6.45) is 3.20.